The number of nitrogens with one attached hydrogen (secondary N) is 1. The lowest BCUT2D eigenvalue weighted by molar-refractivity contribution is -0.132. The molecule has 1 atom stereocenters. The van der Waals surface area contributed by atoms with Gasteiger partial charge in [-0.15, -0.1) is 0 Å². The van der Waals surface area contributed by atoms with Gasteiger partial charge in [0, 0.05) is 28.4 Å². The van der Waals surface area contributed by atoms with Crippen molar-refractivity contribution in [2.24, 2.45) is 0 Å². The number of H-pyrrole nitrogens is 1. The van der Waals surface area contributed by atoms with E-state index in [1.165, 1.54) is 12.0 Å². The van der Waals surface area contributed by atoms with Gasteiger partial charge in [0.25, 0.3) is 11.7 Å². The number of anilines is 1. The van der Waals surface area contributed by atoms with Gasteiger partial charge in [-0.05, 0) is 55.3 Å². The second kappa shape index (κ2) is 8.64. The zero-order valence-corrected chi connectivity index (χ0v) is 20.2. The summed E-state index contributed by atoms with van der Waals surface area (Å²) in [6.07, 6.45) is 1.78. The lowest BCUT2D eigenvalue weighted by atomic mass is 9.94. The number of hydrogen-bond donors (Lipinski definition) is 2. The number of rotatable bonds is 4. The van der Waals surface area contributed by atoms with Gasteiger partial charge in [0.05, 0.1) is 29.3 Å². The quantitative estimate of drug-likeness (QED) is 0.208. The summed E-state index contributed by atoms with van der Waals surface area (Å²) in [7, 11) is 1.44. The van der Waals surface area contributed by atoms with E-state index in [9.17, 15) is 14.7 Å². The molecule has 1 aliphatic heterocycles. The number of aryl methyl sites for hydroxylation is 2. The minimum atomic E-state index is -0.864. The first-order valence-electron chi connectivity index (χ1n) is 11.1. The Hall–Kier alpha value is -4.03. The Labute approximate surface area is 207 Å². The molecule has 2 N–H and O–H groups in total. The van der Waals surface area contributed by atoms with E-state index in [0.29, 0.717) is 16.3 Å². The first-order valence-corrected chi connectivity index (χ1v) is 11.5. The minimum absolute atomic E-state index is 0.0266. The minimum Gasteiger partial charge on any atom is -0.507 e. The number of carbonyl (C=O) groups is 2. The second-order valence-electron chi connectivity index (χ2n) is 8.63. The topological polar surface area (TPSA) is 82.6 Å². The van der Waals surface area contributed by atoms with Gasteiger partial charge in [-0.2, -0.15) is 0 Å². The van der Waals surface area contributed by atoms with E-state index in [-0.39, 0.29) is 22.6 Å². The summed E-state index contributed by atoms with van der Waals surface area (Å²) < 4.78 is 5.46. The number of aromatic amines is 1. The number of amides is 1. The molecule has 0 aliphatic carbocycles. The Balaban J connectivity index is 1.83. The number of ether oxygens (including phenoxy) is 1. The van der Waals surface area contributed by atoms with Crippen LogP contribution in [0.1, 0.15) is 28.3 Å². The number of aromatic nitrogens is 1. The molecule has 3 aromatic carbocycles. The lowest BCUT2D eigenvalue weighted by Crippen LogP contribution is -2.29. The molecule has 0 spiro atoms. The van der Waals surface area contributed by atoms with Crippen molar-refractivity contribution in [3.05, 3.63) is 99.7 Å². The summed E-state index contributed by atoms with van der Waals surface area (Å²) in [5.41, 5.74) is 4.05. The molecule has 0 bridgehead atoms. The van der Waals surface area contributed by atoms with E-state index in [0.717, 1.165) is 22.0 Å². The third kappa shape index (κ3) is 3.67. The van der Waals surface area contributed by atoms with E-state index in [1.807, 2.05) is 56.3 Å². The number of benzene rings is 3. The summed E-state index contributed by atoms with van der Waals surface area (Å²) in [4.78, 5) is 31.6. The van der Waals surface area contributed by atoms with Crippen molar-refractivity contribution in [3.8, 4) is 5.75 Å². The van der Waals surface area contributed by atoms with Crippen LogP contribution in [0.5, 0.6) is 5.75 Å². The van der Waals surface area contributed by atoms with Crippen molar-refractivity contribution in [2.45, 2.75) is 19.9 Å². The molecule has 4 aromatic rings. The molecule has 2 heterocycles. The van der Waals surface area contributed by atoms with Gasteiger partial charge in [0.1, 0.15) is 11.5 Å². The van der Waals surface area contributed by atoms with Crippen LogP contribution in [0.3, 0.4) is 0 Å². The number of ketones is 1. The fourth-order valence-corrected chi connectivity index (χ4v) is 5.10. The fourth-order valence-electron chi connectivity index (χ4n) is 4.75. The highest BCUT2D eigenvalue weighted by Crippen LogP contribution is 2.46. The summed E-state index contributed by atoms with van der Waals surface area (Å²) in [6.45, 7) is 3.74. The standard InChI is InChI=1S/C28H23ClN2O4/c1-15-7-6-8-17(11-15)31-24(20-14-30-22-10-5-4-9-18(20)22)23(26(33)28(31)34)25(32)19-12-16(2)13-21(29)27(19)35-3/h4-14,24,30,32H,1-3H3/b25-23+. The smallest absolute Gasteiger partial charge is 0.300 e. The van der Waals surface area contributed by atoms with Crippen LogP contribution in [0.25, 0.3) is 16.7 Å². The van der Waals surface area contributed by atoms with Crippen LogP contribution in [0.15, 0.2) is 72.4 Å². The highest BCUT2D eigenvalue weighted by Gasteiger charge is 2.48. The molecule has 6 nitrogen and oxygen atoms in total. The van der Waals surface area contributed by atoms with Crippen LogP contribution in [0, 0.1) is 13.8 Å². The molecular weight excluding hydrogens is 464 g/mol. The number of methoxy groups -OCH3 is 1. The zero-order chi connectivity index (χ0) is 24.9. The van der Waals surface area contributed by atoms with Gasteiger partial charge in [-0.3, -0.25) is 14.5 Å². The normalized spacial score (nSPS) is 17.4. The number of halogens is 1. The van der Waals surface area contributed by atoms with Crippen LogP contribution in [0.2, 0.25) is 5.02 Å². The van der Waals surface area contributed by atoms with Crippen molar-refractivity contribution >= 4 is 45.6 Å². The molecule has 1 aliphatic rings. The number of para-hydroxylation sites is 1. The van der Waals surface area contributed by atoms with Crippen LogP contribution in [0.4, 0.5) is 5.69 Å². The van der Waals surface area contributed by atoms with Crippen molar-refractivity contribution in [1.29, 1.82) is 0 Å². The first-order chi connectivity index (χ1) is 16.8. The molecule has 5 rings (SSSR count). The lowest BCUT2D eigenvalue weighted by Gasteiger charge is -2.25. The zero-order valence-electron chi connectivity index (χ0n) is 19.4. The maximum Gasteiger partial charge on any atom is 0.300 e. The van der Waals surface area contributed by atoms with Crippen LogP contribution >= 0.6 is 11.6 Å². The van der Waals surface area contributed by atoms with Gasteiger partial charge in [0.2, 0.25) is 0 Å². The molecule has 0 radical (unpaired) electrons. The predicted octanol–water partition coefficient (Wildman–Crippen LogP) is 6.07. The van der Waals surface area contributed by atoms with Crippen molar-refractivity contribution in [2.75, 3.05) is 12.0 Å². The Bertz CT molecular complexity index is 1540. The molecule has 7 heteroatoms. The third-order valence-corrected chi connectivity index (χ3v) is 6.57. The van der Waals surface area contributed by atoms with E-state index >= 15 is 0 Å². The molecule has 1 aromatic heterocycles. The Morgan fingerprint density at radius 2 is 1.80 bits per heavy atom. The van der Waals surface area contributed by atoms with Crippen LogP contribution < -0.4 is 9.64 Å². The van der Waals surface area contributed by atoms with Gasteiger partial charge in [-0.1, -0.05) is 41.9 Å². The first kappa shape index (κ1) is 22.7. The maximum absolute atomic E-state index is 13.5. The van der Waals surface area contributed by atoms with Gasteiger partial charge >= 0.3 is 0 Å². The molecule has 1 fully saturated rings. The predicted molar refractivity (Wildman–Crippen MR) is 137 cm³/mol. The van der Waals surface area contributed by atoms with E-state index < -0.39 is 17.7 Å². The number of aliphatic hydroxyl groups is 1. The van der Waals surface area contributed by atoms with E-state index in [1.54, 1.807) is 24.4 Å². The van der Waals surface area contributed by atoms with Gasteiger partial charge in [0.15, 0.2) is 0 Å². The molecular formula is C28H23ClN2O4. The monoisotopic (exact) mass is 486 g/mol. The number of carbonyl (C=O) groups excluding carboxylic acids is 2. The van der Waals surface area contributed by atoms with Crippen molar-refractivity contribution < 1.29 is 19.4 Å². The van der Waals surface area contributed by atoms with Crippen molar-refractivity contribution in [1.82, 2.24) is 4.98 Å². The molecule has 176 valence electrons. The summed E-state index contributed by atoms with van der Waals surface area (Å²) in [6, 6.07) is 17.5. The number of nitrogens with zero attached hydrogens (tertiary/aromatic N) is 1. The molecule has 0 saturated carbocycles. The Morgan fingerprint density at radius 1 is 1.03 bits per heavy atom. The third-order valence-electron chi connectivity index (χ3n) is 6.29. The fraction of sp³-hybridized carbons (Fsp3) is 0.143. The molecule has 1 unspecified atom stereocenters. The summed E-state index contributed by atoms with van der Waals surface area (Å²) in [5.74, 6) is -1.60. The van der Waals surface area contributed by atoms with Crippen LogP contribution in [-0.4, -0.2) is 28.9 Å². The summed E-state index contributed by atoms with van der Waals surface area (Å²) >= 11 is 6.38. The SMILES string of the molecule is COc1c(Cl)cc(C)cc1/C(O)=C1\C(=O)C(=O)N(c2cccc(C)c2)C1c1c[nH]c2ccccc12. The summed E-state index contributed by atoms with van der Waals surface area (Å²) in [5, 5.41) is 12.7. The number of hydrogen-bond acceptors (Lipinski definition) is 4. The highest BCUT2D eigenvalue weighted by atomic mass is 35.5. The average molecular weight is 487 g/mol. The van der Waals surface area contributed by atoms with E-state index in [4.69, 9.17) is 16.3 Å². The van der Waals surface area contributed by atoms with Gasteiger partial charge < -0.3 is 14.8 Å². The van der Waals surface area contributed by atoms with Crippen LogP contribution in [-0.2, 0) is 9.59 Å². The second-order valence-corrected chi connectivity index (χ2v) is 9.03. The maximum atomic E-state index is 13.5. The van der Waals surface area contributed by atoms with Gasteiger partial charge in [-0.25, -0.2) is 0 Å². The Morgan fingerprint density at radius 3 is 2.54 bits per heavy atom. The number of aliphatic hydroxyl groups excluding tert-OH is 1. The highest BCUT2D eigenvalue weighted by molar-refractivity contribution is 6.52. The van der Waals surface area contributed by atoms with E-state index in [2.05, 4.69) is 4.98 Å². The largest absolute Gasteiger partial charge is 0.507 e. The number of fused-ring (bicyclic) bond motifs is 1. The Kier molecular flexibility index (Phi) is 5.61. The average Bonchev–Trinajstić information content (AvgIpc) is 3.37. The number of Topliss-reactive ketones (excluding diaryl/α,β-unsaturated/α-hetero) is 1. The molecule has 35 heavy (non-hydrogen) atoms. The molecule has 1 amide bonds. The molecule has 1 saturated heterocycles. The van der Waals surface area contributed by atoms with Crippen molar-refractivity contribution in [3.63, 3.8) is 0 Å².